The van der Waals surface area contributed by atoms with E-state index in [1.54, 1.807) is 13.2 Å². The number of aromatic nitrogens is 2. The van der Waals surface area contributed by atoms with E-state index in [4.69, 9.17) is 4.74 Å². The van der Waals surface area contributed by atoms with Gasteiger partial charge in [-0.15, -0.1) is 0 Å². The Bertz CT molecular complexity index is 668. The van der Waals surface area contributed by atoms with Gasteiger partial charge < -0.3 is 4.74 Å². The van der Waals surface area contributed by atoms with Crippen LogP contribution in [0.15, 0.2) is 11.2 Å². The van der Waals surface area contributed by atoms with Gasteiger partial charge in [-0.05, 0) is 38.0 Å². The van der Waals surface area contributed by atoms with E-state index >= 15 is 0 Å². The number of nitrogens with one attached hydrogen (secondary N) is 1. The number of rotatable bonds is 5. The zero-order chi connectivity index (χ0) is 15.4. The second kappa shape index (κ2) is 5.04. The lowest BCUT2D eigenvalue weighted by Crippen LogP contribution is -2.40. The summed E-state index contributed by atoms with van der Waals surface area (Å²) in [6, 6.07) is 0. The zero-order valence-electron chi connectivity index (χ0n) is 12.9. The van der Waals surface area contributed by atoms with Gasteiger partial charge in [0.15, 0.2) is 5.03 Å². The van der Waals surface area contributed by atoms with E-state index in [-0.39, 0.29) is 11.5 Å². The third-order valence-corrected chi connectivity index (χ3v) is 7.07. The predicted molar refractivity (Wildman–Crippen MR) is 81.0 cm³/mol. The molecule has 2 heterocycles. The molecule has 3 aliphatic rings. The molecule has 2 unspecified atom stereocenters. The van der Waals surface area contributed by atoms with E-state index < -0.39 is 10.0 Å². The second-order valence-electron chi connectivity index (χ2n) is 6.99. The maximum Gasteiger partial charge on any atom is 0.258 e. The number of aryl methyl sites for hydroxylation is 1. The summed E-state index contributed by atoms with van der Waals surface area (Å²) in [4.78, 5) is 0. The maximum absolute atomic E-state index is 12.8. The molecule has 2 atom stereocenters. The van der Waals surface area contributed by atoms with Crippen LogP contribution in [0, 0.1) is 5.41 Å². The van der Waals surface area contributed by atoms with E-state index in [2.05, 4.69) is 9.82 Å². The maximum atomic E-state index is 12.8. The van der Waals surface area contributed by atoms with Gasteiger partial charge in [0.2, 0.25) is 0 Å². The fourth-order valence-electron chi connectivity index (χ4n) is 4.10. The summed E-state index contributed by atoms with van der Waals surface area (Å²) in [6.45, 7) is 1.24. The predicted octanol–water partition coefficient (Wildman–Crippen LogP) is 1.53. The topological polar surface area (TPSA) is 73.2 Å². The van der Waals surface area contributed by atoms with Crippen LogP contribution < -0.4 is 4.72 Å². The highest BCUT2D eigenvalue weighted by molar-refractivity contribution is 7.89. The highest BCUT2D eigenvalue weighted by Crippen LogP contribution is 2.47. The van der Waals surface area contributed by atoms with Gasteiger partial charge in [0, 0.05) is 31.2 Å². The van der Waals surface area contributed by atoms with Crippen molar-refractivity contribution in [1.29, 1.82) is 0 Å². The molecule has 0 amide bonds. The fourth-order valence-corrected chi connectivity index (χ4v) is 5.64. The van der Waals surface area contributed by atoms with Crippen LogP contribution in [0.2, 0.25) is 0 Å². The van der Waals surface area contributed by atoms with Gasteiger partial charge in [-0.1, -0.05) is 6.42 Å². The number of nitrogens with zero attached hydrogens (tertiary/aromatic N) is 2. The minimum atomic E-state index is -3.52. The summed E-state index contributed by atoms with van der Waals surface area (Å²) in [5.74, 6) is 0.368. The van der Waals surface area contributed by atoms with E-state index in [1.165, 1.54) is 4.68 Å². The summed E-state index contributed by atoms with van der Waals surface area (Å²) in [5.41, 5.74) is 0.879. The van der Waals surface area contributed by atoms with Gasteiger partial charge in [-0.3, -0.25) is 4.68 Å². The third-order valence-electron chi connectivity index (χ3n) is 5.54. The molecule has 4 rings (SSSR count). The SMILES string of the molecule is Cn1ncc(C2CC2)c1S(=O)(=O)NCC12CCCC1OCC2. The Kier molecular flexibility index (Phi) is 3.36. The van der Waals surface area contributed by atoms with E-state index in [9.17, 15) is 8.42 Å². The smallest absolute Gasteiger partial charge is 0.258 e. The lowest BCUT2D eigenvalue weighted by atomic mass is 9.83. The molecule has 1 saturated heterocycles. The normalized spacial score (nSPS) is 31.6. The van der Waals surface area contributed by atoms with E-state index in [0.29, 0.717) is 17.5 Å². The molecule has 1 aliphatic heterocycles. The molecule has 1 aromatic rings. The van der Waals surface area contributed by atoms with Gasteiger partial charge >= 0.3 is 0 Å². The molecule has 0 spiro atoms. The number of hydrogen-bond donors (Lipinski definition) is 1. The van der Waals surface area contributed by atoms with Gasteiger partial charge in [0.1, 0.15) is 0 Å². The summed E-state index contributed by atoms with van der Waals surface area (Å²) >= 11 is 0. The molecule has 2 saturated carbocycles. The van der Waals surface area contributed by atoms with Crippen LogP contribution in [0.1, 0.15) is 50.0 Å². The molecular formula is C15H23N3O3S. The Balaban J connectivity index is 1.56. The first-order chi connectivity index (χ1) is 10.5. The Morgan fingerprint density at radius 3 is 3.00 bits per heavy atom. The first-order valence-electron chi connectivity index (χ1n) is 8.15. The van der Waals surface area contributed by atoms with Gasteiger partial charge in [-0.2, -0.15) is 5.10 Å². The van der Waals surface area contributed by atoms with Crippen LogP contribution >= 0.6 is 0 Å². The lowest BCUT2D eigenvalue weighted by molar-refractivity contribution is 0.0721. The average Bonchev–Trinajstić information content (AvgIpc) is 2.93. The standard InChI is InChI=1S/C15H23N3O3S/c1-18-14(12(9-16-18)11-4-5-11)22(19,20)17-10-15-6-2-3-13(15)21-8-7-15/h9,11,13,17H,2-8,10H2,1H3. The summed E-state index contributed by atoms with van der Waals surface area (Å²) < 4.78 is 35.7. The van der Waals surface area contributed by atoms with Crippen molar-refractivity contribution < 1.29 is 13.2 Å². The molecule has 2 aliphatic carbocycles. The lowest BCUT2D eigenvalue weighted by Gasteiger charge is -2.27. The molecule has 0 aromatic carbocycles. The molecular weight excluding hydrogens is 302 g/mol. The molecule has 6 nitrogen and oxygen atoms in total. The largest absolute Gasteiger partial charge is 0.378 e. The molecule has 122 valence electrons. The minimum Gasteiger partial charge on any atom is -0.378 e. The van der Waals surface area contributed by atoms with Crippen LogP contribution in [0.25, 0.3) is 0 Å². The fraction of sp³-hybridized carbons (Fsp3) is 0.800. The monoisotopic (exact) mass is 325 g/mol. The Morgan fingerprint density at radius 2 is 2.23 bits per heavy atom. The molecule has 22 heavy (non-hydrogen) atoms. The molecule has 7 heteroatoms. The van der Waals surface area contributed by atoms with Crippen molar-refractivity contribution in [3.8, 4) is 0 Å². The number of fused-ring (bicyclic) bond motifs is 1. The molecule has 1 aromatic heterocycles. The third kappa shape index (κ3) is 2.30. The van der Waals surface area contributed by atoms with Crippen molar-refractivity contribution in [2.45, 2.75) is 55.6 Å². The summed E-state index contributed by atoms with van der Waals surface area (Å²) in [5, 5.41) is 4.51. The van der Waals surface area contributed by atoms with Crippen LogP contribution in [0.3, 0.4) is 0 Å². The summed E-state index contributed by atoms with van der Waals surface area (Å²) in [7, 11) is -1.82. The molecule has 1 N–H and O–H groups in total. The molecule has 0 bridgehead atoms. The van der Waals surface area contributed by atoms with Crippen molar-refractivity contribution >= 4 is 10.0 Å². The van der Waals surface area contributed by atoms with Crippen molar-refractivity contribution in [2.75, 3.05) is 13.2 Å². The quantitative estimate of drug-likeness (QED) is 0.891. The summed E-state index contributed by atoms with van der Waals surface area (Å²) in [6.07, 6.45) is 8.27. The highest BCUT2D eigenvalue weighted by Gasteiger charge is 2.48. The highest BCUT2D eigenvalue weighted by atomic mass is 32.2. The number of sulfonamides is 1. The molecule has 0 radical (unpaired) electrons. The Morgan fingerprint density at radius 1 is 1.41 bits per heavy atom. The van der Waals surface area contributed by atoms with E-state index in [0.717, 1.165) is 50.7 Å². The van der Waals surface area contributed by atoms with Crippen LogP contribution in [-0.4, -0.2) is 37.5 Å². The van der Waals surface area contributed by atoms with Crippen LogP contribution in [0.5, 0.6) is 0 Å². The number of ether oxygens (including phenoxy) is 1. The van der Waals surface area contributed by atoms with Crippen LogP contribution in [0.4, 0.5) is 0 Å². The van der Waals surface area contributed by atoms with Crippen molar-refractivity contribution in [3.63, 3.8) is 0 Å². The Hall–Kier alpha value is -0.920. The first kappa shape index (κ1) is 14.7. The zero-order valence-corrected chi connectivity index (χ0v) is 13.7. The second-order valence-corrected chi connectivity index (χ2v) is 8.67. The number of hydrogen-bond acceptors (Lipinski definition) is 4. The Labute approximate surface area is 131 Å². The minimum absolute atomic E-state index is 0.00536. The van der Waals surface area contributed by atoms with Crippen LogP contribution in [-0.2, 0) is 21.8 Å². The average molecular weight is 325 g/mol. The van der Waals surface area contributed by atoms with Gasteiger partial charge in [0.05, 0.1) is 12.3 Å². The van der Waals surface area contributed by atoms with Gasteiger partial charge in [-0.25, -0.2) is 13.1 Å². The van der Waals surface area contributed by atoms with Crippen molar-refractivity contribution in [1.82, 2.24) is 14.5 Å². The van der Waals surface area contributed by atoms with Crippen molar-refractivity contribution in [2.24, 2.45) is 12.5 Å². The van der Waals surface area contributed by atoms with Crippen molar-refractivity contribution in [3.05, 3.63) is 11.8 Å². The molecule has 3 fully saturated rings. The van der Waals surface area contributed by atoms with E-state index in [1.807, 2.05) is 0 Å². The van der Waals surface area contributed by atoms with Gasteiger partial charge in [0.25, 0.3) is 10.0 Å². The first-order valence-corrected chi connectivity index (χ1v) is 9.63.